The van der Waals surface area contributed by atoms with Gasteiger partial charge in [-0.25, -0.2) is 4.98 Å². The molecule has 0 atom stereocenters. The molecule has 0 aliphatic heterocycles. The van der Waals surface area contributed by atoms with Gasteiger partial charge in [-0.1, -0.05) is 23.9 Å². The van der Waals surface area contributed by atoms with E-state index < -0.39 is 5.97 Å². The van der Waals surface area contributed by atoms with Crippen LogP contribution in [0.25, 0.3) is 0 Å². The van der Waals surface area contributed by atoms with Gasteiger partial charge in [-0.2, -0.15) is 0 Å². The number of pyridine rings is 1. The summed E-state index contributed by atoms with van der Waals surface area (Å²) >= 11 is 1.47. The van der Waals surface area contributed by atoms with E-state index >= 15 is 0 Å². The van der Waals surface area contributed by atoms with Gasteiger partial charge >= 0.3 is 5.97 Å². The largest absolute Gasteiger partial charge is 0.481 e. The summed E-state index contributed by atoms with van der Waals surface area (Å²) in [6.45, 7) is 1.80. The Morgan fingerprint density at radius 3 is 2.50 bits per heavy atom. The van der Waals surface area contributed by atoms with Crippen molar-refractivity contribution in [3.05, 3.63) is 53.2 Å². The molecule has 0 fully saturated rings. The first kappa shape index (κ1) is 14.3. The van der Waals surface area contributed by atoms with Gasteiger partial charge in [0, 0.05) is 16.2 Å². The van der Waals surface area contributed by atoms with Gasteiger partial charge < -0.3 is 5.11 Å². The molecule has 1 aromatic carbocycles. The highest BCUT2D eigenvalue weighted by atomic mass is 32.2. The fraction of sp³-hybridized carbons (Fsp3) is 0.133. The van der Waals surface area contributed by atoms with E-state index in [-0.39, 0.29) is 6.42 Å². The molecule has 1 heterocycles. The Morgan fingerprint density at radius 2 is 1.95 bits per heavy atom. The predicted octanol–water partition coefficient (Wildman–Crippen LogP) is 2.98. The number of hydrogen-bond acceptors (Lipinski definition) is 4. The zero-order valence-electron chi connectivity index (χ0n) is 10.9. The van der Waals surface area contributed by atoms with E-state index in [2.05, 4.69) is 4.98 Å². The number of hydrogen-bond donors (Lipinski definition) is 1. The zero-order valence-corrected chi connectivity index (χ0v) is 11.7. The molecule has 0 radical (unpaired) electrons. The van der Waals surface area contributed by atoms with Crippen LogP contribution in [0.3, 0.4) is 0 Å². The van der Waals surface area contributed by atoms with Crippen molar-refractivity contribution >= 4 is 24.0 Å². The zero-order chi connectivity index (χ0) is 14.5. The molecule has 1 N–H and O–H groups in total. The van der Waals surface area contributed by atoms with Crippen molar-refractivity contribution in [2.75, 3.05) is 0 Å². The average Bonchev–Trinajstić information content (AvgIpc) is 2.41. The Balaban J connectivity index is 2.11. The Morgan fingerprint density at radius 1 is 1.25 bits per heavy atom. The molecule has 0 aliphatic carbocycles. The topological polar surface area (TPSA) is 67.3 Å². The molecule has 0 amide bonds. The van der Waals surface area contributed by atoms with Crippen LogP contribution in [0.2, 0.25) is 0 Å². The molecule has 2 rings (SSSR count). The smallest absolute Gasteiger partial charge is 0.307 e. The highest BCUT2D eigenvalue weighted by Gasteiger charge is 2.04. The lowest BCUT2D eigenvalue weighted by atomic mass is 10.2. The average molecular weight is 287 g/mol. The quantitative estimate of drug-likeness (QED) is 0.856. The molecule has 0 bridgehead atoms. The minimum Gasteiger partial charge on any atom is -0.481 e. The maximum absolute atomic E-state index is 10.7. The molecule has 1 aromatic heterocycles. The molecule has 0 spiro atoms. The lowest BCUT2D eigenvalue weighted by molar-refractivity contribution is -0.136. The minimum absolute atomic E-state index is 0.0241. The van der Waals surface area contributed by atoms with Crippen molar-refractivity contribution in [2.24, 2.45) is 0 Å². The van der Waals surface area contributed by atoms with Crippen LogP contribution in [0, 0.1) is 6.92 Å². The van der Waals surface area contributed by atoms with Crippen LogP contribution in [0.15, 0.2) is 46.3 Å². The first-order valence-corrected chi connectivity index (χ1v) is 6.81. The number of carboxylic acid groups (broad SMARTS) is 1. The summed E-state index contributed by atoms with van der Waals surface area (Å²) < 4.78 is 0. The maximum Gasteiger partial charge on any atom is 0.307 e. The molecule has 4 nitrogen and oxygen atoms in total. The second-order valence-electron chi connectivity index (χ2n) is 4.26. The number of rotatable bonds is 5. The highest BCUT2D eigenvalue weighted by molar-refractivity contribution is 7.99. The number of nitrogens with zero attached hydrogens (tertiary/aromatic N) is 1. The third-order valence-corrected chi connectivity index (χ3v) is 3.67. The van der Waals surface area contributed by atoms with Crippen LogP contribution in [-0.2, 0) is 11.2 Å². The normalized spacial score (nSPS) is 10.2. The van der Waals surface area contributed by atoms with Gasteiger partial charge in [0.2, 0.25) is 0 Å². The Bertz CT molecular complexity index is 638. The third-order valence-electron chi connectivity index (χ3n) is 2.73. The Labute approximate surface area is 120 Å². The van der Waals surface area contributed by atoms with Crippen molar-refractivity contribution < 1.29 is 14.7 Å². The fourth-order valence-electron chi connectivity index (χ4n) is 1.70. The van der Waals surface area contributed by atoms with E-state index in [0.29, 0.717) is 11.3 Å². The third kappa shape index (κ3) is 3.68. The van der Waals surface area contributed by atoms with Gasteiger partial charge in [-0.15, -0.1) is 0 Å². The molecule has 0 aliphatic rings. The maximum atomic E-state index is 10.7. The van der Waals surface area contributed by atoms with Crippen LogP contribution in [0.1, 0.15) is 21.6 Å². The first-order valence-electron chi connectivity index (χ1n) is 6.00. The molecular weight excluding hydrogens is 274 g/mol. The number of aldehydes is 1. The highest BCUT2D eigenvalue weighted by Crippen LogP contribution is 2.26. The number of carboxylic acids is 1. The molecule has 0 saturated heterocycles. The van der Waals surface area contributed by atoms with E-state index in [1.54, 1.807) is 31.2 Å². The van der Waals surface area contributed by atoms with Gasteiger partial charge in [-0.3, -0.25) is 9.59 Å². The molecule has 102 valence electrons. The molecule has 20 heavy (non-hydrogen) atoms. The van der Waals surface area contributed by atoms with Gasteiger partial charge in [-0.05, 0) is 36.8 Å². The van der Waals surface area contributed by atoms with Gasteiger partial charge in [0.05, 0.1) is 6.42 Å². The molecule has 0 saturated carbocycles. The Hall–Kier alpha value is -2.14. The summed E-state index contributed by atoms with van der Waals surface area (Å²) in [6.07, 6.45) is 0.813. The second kappa shape index (κ2) is 6.34. The number of aliphatic carboxylic acids is 1. The Kier molecular flexibility index (Phi) is 4.53. The molecule has 2 aromatic rings. The van der Waals surface area contributed by atoms with Crippen LogP contribution in [-0.4, -0.2) is 22.3 Å². The van der Waals surface area contributed by atoms with Crippen molar-refractivity contribution in [3.8, 4) is 0 Å². The number of benzene rings is 1. The van der Waals surface area contributed by atoms with Gasteiger partial charge in [0.25, 0.3) is 0 Å². The van der Waals surface area contributed by atoms with Crippen molar-refractivity contribution in [1.29, 1.82) is 0 Å². The SMILES string of the molecule is Cc1nc(Sc2ccc(CC(=O)O)cc2)ccc1C=O. The summed E-state index contributed by atoms with van der Waals surface area (Å²) in [5.74, 6) is -0.841. The van der Waals surface area contributed by atoms with E-state index in [4.69, 9.17) is 5.11 Å². The van der Waals surface area contributed by atoms with Crippen LogP contribution in [0.4, 0.5) is 0 Å². The van der Waals surface area contributed by atoms with Crippen LogP contribution in [0.5, 0.6) is 0 Å². The number of aromatic nitrogens is 1. The summed E-state index contributed by atoms with van der Waals surface area (Å²) in [4.78, 5) is 26.7. The van der Waals surface area contributed by atoms with Crippen molar-refractivity contribution in [2.45, 2.75) is 23.3 Å². The first-order chi connectivity index (χ1) is 9.58. The number of carbonyl (C=O) groups excluding carboxylic acids is 1. The van der Waals surface area contributed by atoms with Gasteiger partial charge in [0.1, 0.15) is 5.03 Å². The monoisotopic (exact) mass is 287 g/mol. The van der Waals surface area contributed by atoms with Gasteiger partial charge in [0.15, 0.2) is 6.29 Å². The summed E-state index contributed by atoms with van der Waals surface area (Å²) in [7, 11) is 0. The lowest BCUT2D eigenvalue weighted by Crippen LogP contribution is -1.99. The summed E-state index contributed by atoms with van der Waals surface area (Å²) in [6, 6.07) is 10.9. The minimum atomic E-state index is -0.841. The van der Waals surface area contributed by atoms with Crippen LogP contribution >= 0.6 is 11.8 Å². The summed E-state index contributed by atoms with van der Waals surface area (Å²) in [5.41, 5.74) is 2.06. The van der Waals surface area contributed by atoms with E-state index in [9.17, 15) is 9.59 Å². The second-order valence-corrected chi connectivity index (χ2v) is 5.35. The summed E-state index contributed by atoms with van der Waals surface area (Å²) in [5, 5.41) is 9.51. The molecule has 0 unspecified atom stereocenters. The number of carbonyl (C=O) groups is 2. The van der Waals surface area contributed by atoms with E-state index in [1.807, 2.05) is 12.1 Å². The van der Waals surface area contributed by atoms with E-state index in [1.165, 1.54) is 11.8 Å². The molecular formula is C15H13NO3S. The lowest BCUT2D eigenvalue weighted by Gasteiger charge is -2.04. The standard InChI is InChI=1S/C15H13NO3S/c1-10-12(9-17)4-7-14(16-10)20-13-5-2-11(3-6-13)8-15(18)19/h2-7,9H,8H2,1H3,(H,18,19). The predicted molar refractivity (Wildman–Crippen MR) is 76.3 cm³/mol. The van der Waals surface area contributed by atoms with Crippen molar-refractivity contribution in [3.63, 3.8) is 0 Å². The van der Waals surface area contributed by atoms with E-state index in [0.717, 1.165) is 21.8 Å². The molecule has 5 heteroatoms. The van der Waals surface area contributed by atoms with Crippen LogP contribution < -0.4 is 0 Å². The van der Waals surface area contributed by atoms with Crippen molar-refractivity contribution in [1.82, 2.24) is 4.98 Å². The fourth-order valence-corrected chi connectivity index (χ4v) is 2.53. The number of aryl methyl sites for hydroxylation is 1.